The SMILES string of the molecule is CCOC(=O)CNCC(=O)OCCc1cc(Cl)c(Oc2ccc(OC)c(S(=O)(=O)N3CCCCC3)c2)c(Cl)c1. The Labute approximate surface area is 238 Å². The van der Waals surface area contributed by atoms with Crippen molar-refractivity contribution in [3.8, 4) is 17.2 Å². The number of sulfonamides is 1. The Morgan fingerprint density at radius 1 is 0.974 bits per heavy atom. The summed E-state index contributed by atoms with van der Waals surface area (Å²) < 4.78 is 49.2. The molecule has 0 aromatic heterocycles. The van der Waals surface area contributed by atoms with Crippen molar-refractivity contribution in [1.29, 1.82) is 0 Å². The third-order valence-corrected chi connectivity index (χ3v) is 8.33. The van der Waals surface area contributed by atoms with Crippen molar-refractivity contribution in [2.75, 3.05) is 46.5 Å². The molecule has 0 saturated carbocycles. The van der Waals surface area contributed by atoms with E-state index in [0.717, 1.165) is 19.3 Å². The van der Waals surface area contributed by atoms with Crippen LogP contribution in [0.15, 0.2) is 35.2 Å². The summed E-state index contributed by atoms with van der Waals surface area (Å²) in [6.07, 6.45) is 2.95. The first-order valence-corrected chi connectivity index (χ1v) is 14.7. The van der Waals surface area contributed by atoms with Crippen LogP contribution in [0.1, 0.15) is 31.7 Å². The predicted molar refractivity (Wildman–Crippen MR) is 146 cm³/mol. The Balaban J connectivity index is 1.64. The first-order chi connectivity index (χ1) is 18.6. The summed E-state index contributed by atoms with van der Waals surface area (Å²) in [5.41, 5.74) is 0.702. The minimum atomic E-state index is -3.78. The highest BCUT2D eigenvalue weighted by molar-refractivity contribution is 7.89. The van der Waals surface area contributed by atoms with Crippen molar-refractivity contribution < 1.29 is 37.0 Å². The summed E-state index contributed by atoms with van der Waals surface area (Å²) in [5.74, 6) is -0.371. The first kappa shape index (κ1) is 31.0. The maximum atomic E-state index is 13.3. The zero-order chi connectivity index (χ0) is 28.4. The van der Waals surface area contributed by atoms with Gasteiger partial charge in [0.2, 0.25) is 10.0 Å². The first-order valence-electron chi connectivity index (χ1n) is 12.5. The lowest BCUT2D eigenvalue weighted by Gasteiger charge is -2.26. The number of hydrogen-bond donors (Lipinski definition) is 1. The van der Waals surface area contributed by atoms with Crippen LogP contribution in [0.5, 0.6) is 17.2 Å². The molecule has 0 atom stereocenters. The number of benzene rings is 2. The Morgan fingerprint density at radius 2 is 1.62 bits per heavy atom. The maximum absolute atomic E-state index is 13.3. The molecule has 3 rings (SSSR count). The number of halogens is 2. The van der Waals surface area contributed by atoms with Crippen LogP contribution in [0.4, 0.5) is 0 Å². The molecule has 0 spiro atoms. The number of esters is 2. The molecule has 0 aliphatic carbocycles. The average molecular weight is 604 g/mol. The van der Waals surface area contributed by atoms with E-state index in [-0.39, 0.29) is 58.5 Å². The van der Waals surface area contributed by atoms with Gasteiger partial charge in [-0.05, 0) is 49.6 Å². The molecular formula is C26H32Cl2N2O8S. The summed E-state index contributed by atoms with van der Waals surface area (Å²) in [6, 6.07) is 7.76. The fraction of sp³-hybridized carbons (Fsp3) is 0.462. The quantitative estimate of drug-likeness (QED) is 0.336. The molecule has 0 bridgehead atoms. The third-order valence-electron chi connectivity index (χ3n) is 5.84. The van der Waals surface area contributed by atoms with Gasteiger partial charge in [0.15, 0.2) is 5.75 Å². The van der Waals surface area contributed by atoms with Crippen molar-refractivity contribution in [1.82, 2.24) is 9.62 Å². The Kier molecular flexibility index (Phi) is 11.7. The van der Waals surface area contributed by atoms with Crippen LogP contribution in [0, 0.1) is 0 Å². The number of carbonyl (C=O) groups is 2. The van der Waals surface area contributed by atoms with E-state index in [0.29, 0.717) is 25.1 Å². The fourth-order valence-electron chi connectivity index (χ4n) is 3.95. The summed E-state index contributed by atoms with van der Waals surface area (Å²) >= 11 is 12.9. The monoisotopic (exact) mass is 602 g/mol. The number of rotatable bonds is 13. The van der Waals surface area contributed by atoms with E-state index >= 15 is 0 Å². The highest BCUT2D eigenvalue weighted by Gasteiger charge is 2.29. The lowest BCUT2D eigenvalue weighted by molar-refractivity contribution is -0.143. The minimum Gasteiger partial charge on any atom is -0.495 e. The average Bonchev–Trinajstić information content (AvgIpc) is 2.91. The van der Waals surface area contributed by atoms with E-state index in [1.807, 2.05) is 0 Å². The Morgan fingerprint density at radius 3 is 2.23 bits per heavy atom. The fourth-order valence-corrected chi connectivity index (χ4v) is 6.25. The summed E-state index contributed by atoms with van der Waals surface area (Å²) in [7, 11) is -2.37. The zero-order valence-corrected chi connectivity index (χ0v) is 24.2. The highest BCUT2D eigenvalue weighted by Crippen LogP contribution is 2.39. The van der Waals surface area contributed by atoms with Gasteiger partial charge in [0.1, 0.15) is 16.4 Å². The minimum absolute atomic E-state index is 0.00632. The predicted octanol–water partition coefficient (Wildman–Crippen LogP) is 4.21. The van der Waals surface area contributed by atoms with Crippen molar-refractivity contribution in [3.63, 3.8) is 0 Å². The zero-order valence-electron chi connectivity index (χ0n) is 21.8. The van der Waals surface area contributed by atoms with Gasteiger partial charge in [-0.2, -0.15) is 4.31 Å². The number of methoxy groups -OCH3 is 1. The van der Waals surface area contributed by atoms with E-state index in [2.05, 4.69) is 5.32 Å². The number of nitrogens with zero attached hydrogens (tertiary/aromatic N) is 1. The molecule has 1 fully saturated rings. The maximum Gasteiger partial charge on any atom is 0.319 e. The van der Waals surface area contributed by atoms with Gasteiger partial charge in [-0.15, -0.1) is 0 Å². The van der Waals surface area contributed by atoms with Crippen LogP contribution in [0.3, 0.4) is 0 Å². The van der Waals surface area contributed by atoms with E-state index in [1.165, 1.54) is 23.5 Å². The Bertz CT molecular complexity index is 1240. The van der Waals surface area contributed by atoms with E-state index in [4.69, 9.17) is 42.1 Å². The molecule has 39 heavy (non-hydrogen) atoms. The van der Waals surface area contributed by atoms with E-state index in [9.17, 15) is 18.0 Å². The molecule has 1 N–H and O–H groups in total. The van der Waals surface area contributed by atoms with Crippen LogP contribution < -0.4 is 14.8 Å². The number of nitrogens with one attached hydrogen (secondary N) is 1. The smallest absolute Gasteiger partial charge is 0.319 e. The molecule has 10 nitrogen and oxygen atoms in total. The van der Waals surface area contributed by atoms with Gasteiger partial charge >= 0.3 is 11.9 Å². The lowest BCUT2D eigenvalue weighted by Crippen LogP contribution is -2.35. The molecule has 0 amide bonds. The number of piperidine rings is 1. The van der Waals surface area contributed by atoms with Crippen LogP contribution in [-0.4, -0.2) is 71.2 Å². The van der Waals surface area contributed by atoms with Gasteiger partial charge in [-0.1, -0.05) is 29.6 Å². The van der Waals surface area contributed by atoms with Crippen LogP contribution >= 0.6 is 23.2 Å². The van der Waals surface area contributed by atoms with Crippen molar-refractivity contribution in [2.45, 2.75) is 37.5 Å². The van der Waals surface area contributed by atoms with E-state index < -0.39 is 22.0 Å². The van der Waals surface area contributed by atoms with Crippen LogP contribution in [0.25, 0.3) is 0 Å². The second-order valence-electron chi connectivity index (χ2n) is 8.65. The van der Waals surface area contributed by atoms with Crippen LogP contribution in [-0.2, 0) is 35.5 Å². The van der Waals surface area contributed by atoms with Crippen molar-refractivity contribution in [3.05, 3.63) is 45.9 Å². The largest absolute Gasteiger partial charge is 0.495 e. The third kappa shape index (κ3) is 8.71. The lowest BCUT2D eigenvalue weighted by atomic mass is 10.1. The molecule has 214 valence electrons. The van der Waals surface area contributed by atoms with Gasteiger partial charge in [0.25, 0.3) is 0 Å². The molecule has 0 unspecified atom stereocenters. The van der Waals surface area contributed by atoms with Gasteiger partial charge in [-0.25, -0.2) is 8.42 Å². The molecule has 1 saturated heterocycles. The second kappa shape index (κ2) is 14.7. The molecule has 1 heterocycles. The number of hydrogen-bond acceptors (Lipinski definition) is 9. The summed E-state index contributed by atoms with van der Waals surface area (Å²) in [5, 5.41) is 3.06. The van der Waals surface area contributed by atoms with E-state index in [1.54, 1.807) is 25.1 Å². The van der Waals surface area contributed by atoms with Gasteiger partial charge in [0.05, 0.1) is 43.5 Å². The molecular weight excluding hydrogens is 571 g/mol. The second-order valence-corrected chi connectivity index (χ2v) is 11.4. The molecule has 0 radical (unpaired) electrons. The van der Waals surface area contributed by atoms with Gasteiger partial charge in [0, 0.05) is 25.6 Å². The standard InChI is InChI=1S/C26H32Cl2N2O8S/c1-3-36-24(31)16-29-17-25(32)37-12-9-18-13-20(27)26(21(28)14-18)38-19-7-8-22(35-2)23(15-19)39(33,34)30-10-5-4-6-11-30/h7-8,13-15,29H,3-6,9-12,16-17H2,1-2H3. The van der Waals surface area contributed by atoms with Crippen molar-refractivity contribution in [2.24, 2.45) is 0 Å². The van der Waals surface area contributed by atoms with Gasteiger partial charge in [-0.3, -0.25) is 14.9 Å². The number of ether oxygens (including phenoxy) is 4. The number of carbonyl (C=O) groups excluding carboxylic acids is 2. The van der Waals surface area contributed by atoms with Crippen molar-refractivity contribution >= 4 is 45.2 Å². The molecule has 1 aliphatic heterocycles. The summed E-state index contributed by atoms with van der Waals surface area (Å²) in [4.78, 5) is 23.1. The normalized spacial score (nSPS) is 14.1. The molecule has 2 aromatic carbocycles. The molecule has 13 heteroatoms. The van der Waals surface area contributed by atoms with Gasteiger partial charge < -0.3 is 18.9 Å². The molecule has 2 aromatic rings. The molecule has 1 aliphatic rings. The topological polar surface area (TPSA) is 120 Å². The van der Waals surface area contributed by atoms with Crippen LogP contribution in [0.2, 0.25) is 10.0 Å². The highest BCUT2D eigenvalue weighted by atomic mass is 35.5. The Hall–Kier alpha value is -2.57. The summed E-state index contributed by atoms with van der Waals surface area (Å²) in [6.45, 7) is 2.72.